The Morgan fingerprint density at radius 1 is 0.667 bits per heavy atom. The molecule has 5 heteroatoms. The van der Waals surface area contributed by atoms with Gasteiger partial charge in [0.25, 0.3) is 0 Å². The topological polar surface area (TPSA) is 80.3 Å². The molecular formula is C16H30MnO4. The molecule has 0 unspecified atom stereocenters. The minimum Gasteiger partial charge on any atom is -0.550 e. The third kappa shape index (κ3) is 15.7. The Hall–Kier alpha value is -0.541. The molecule has 0 amide bonds. The Morgan fingerprint density at radius 2 is 0.857 bits per heavy atom. The van der Waals surface area contributed by atoms with E-state index in [-0.39, 0.29) is 28.9 Å². The van der Waals surface area contributed by atoms with Gasteiger partial charge in [0.1, 0.15) is 0 Å². The molecule has 4 nitrogen and oxygen atoms in total. The van der Waals surface area contributed by atoms with Crippen molar-refractivity contribution < 1.29 is 36.9 Å². The van der Waals surface area contributed by atoms with Crippen molar-refractivity contribution in [2.45, 2.75) is 79.1 Å². The van der Waals surface area contributed by atoms with E-state index in [4.69, 9.17) is 0 Å². The van der Waals surface area contributed by atoms with E-state index in [2.05, 4.69) is 0 Å². The minimum absolute atomic E-state index is 0. The van der Waals surface area contributed by atoms with Crippen molar-refractivity contribution in [1.82, 2.24) is 0 Å². The molecule has 0 saturated heterocycles. The number of carboxylic acid groups (broad SMARTS) is 2. The summed E-state index contributed by atoms with van der Waals surface area (Å²) in [7, 11) is 0. The van der Waals surface area contributed by atoms with Crippen LogP contribution in [0.2, 0.25) is 0 Å². The maximum absolute atomic E-state index is 10.4. The average molecular weight is 341 g/mol. The molecule has 0 bridgehead atoms. The number of carboxylic acids is 2. The summed E-state index contributed by atoms with van der Waals surface area (Å²) in [6.07, 6.45) is 6.76. The molecule has 0 spiro atoms. The third-order valence-corrected chi connectivity index (χ3v) is 3.22. The molecule has 125 valence electrons. The molecule has 0 aromatic heterocycles. The second-order valence-corrected chi connectivity index (χ2v) is 5.19. The zero-order chi connectivity index (χ0) is 16.0. The molecule has 0 aliphatic heterocycles. The first-order chi connectivity index (χ1) is 9.44. The molecule has 0 aromatic carbocycles. The van der Waals surface area contributed by atoms with Crippen LogP contribution >= 0.6 is 0 Å². The van der Waals surface area contributed by atoms with Crippen LogP contribution in [0.1, 0.15) is 79.1 Å². The molecule has 0 rings (SSSR count). The van der Waals surface area contributed by atoms with Gasteiger partial charge in [-0.1, -0.05) is 53.4 Å². The minimum atomic E-state index is -0.885. The van der Waals surface area contributed by atoms with Crippen molar-refractivity contribution in [3.05, 3.63) is 0 Å². The van der Waals surface area contributed by atoms with Crippen molar-refractivity contribution in [3.63, 3.8) is 0 Å². The molecule has 21 heavy (non-hydrogen) atoms. The van der Waals surface area contributed by atoms with E-state index in [1.807, 2.05) is 27.7 Å². The fourth-order valence-electron chi connectivity index (χ4n) is 2.15. The summed E-state index contributed by atoms with van der Waals surface area (Å²) in [6.45, 7) is 7.97. The van der Waals surface area contributed by atoms with Crippen LogP contribution in [0.25, 0.3) is 0 Å². The molecule has 0 saturated carbocycles. The summed E-state index contributed by atoms with van der Waals surface area (Å²) in [5.74, 6) is -2.20. The fourth-order valence-corrected chi connectivity index (χ4v) is 2.15. The number of rotatable bonds is 10. The monoisotopic (exact) mass is 341 g/mol. The molecule has 0 N–H and O–H groups in total. The number of carbonyl (C=O) groups excluding carboxylic acids is 2. The van der Waals surface area contributed by atoms with Crippen LogP contribution < -0.4 is 10.2 Å². The van der Waals surface area contributed by atoms with Crippen molar-refractivity contribution >= 4 is 11.9 Å². The molecule has 0 aromatic rings. The molecule has 1 radical (unpaired) electrons. The molecule has 0 aliphatic carbocycles. The summed E-state index contributed by atoms with van der Waals surface area (Å²) >= 11 is 0. The second-order valence-electron chi connectivity index (χ2n) is 5.19. The average Bonchev–Trinajstić information content (AvgIpc) is 2.38. The quantitative estimate of drug-likeness (QED) is 0.569. The predicted molar refractivity (Wildman–Crippen MR) is 76.6 cm³/mol. The van der Waals surface area contributed by atoms with Crippen molar-refractivity contribution in [2.24, 2.45) is 11.8 Å². The van der Waals surface area contributed by atoms with Gasteiger partial charge in [0.05, 0.1) is 0 Å². The number of carbonyl (C=O) groups is 2. The Bertz CT molecular complexity index is 219. The summed E-state index contributed by atoms with van der Waals surface area (Å²) in [5, 5.41) is 20.7. The van der Waals surface area contributed by atoms with Crippen LogP contribution in [0.15, 0.2) is 0 Å². The van der Waals surface area contributed by atoms with Crippen LogP contribution in [0.5, 0.6) is 0 Å². The first kappa shape index (κ1) is 25.4. The van der Waals surface area contributed by atoms with Crippen molar-refractivity contribution in [2.75, 3.05) is 0 Å². The van der Waals surface area contributed by atoms with E-state index >= 15 is 0 Å². The maximum atomic E-state index is 10.4. The van der Waals surface area contributed by atoms with Gasteiger partial charge in [-0.2, -0.15) is 0 Å². The number of hydrogen-bond donors (Lipinski definition) is 0. The van der Waals surface area contributed by atoms with Crippen LogP contribution in [0, 0.1) is 11.8 Å². The Balaban J connectivity index is -0.000000295. The van der Waals surface area contributed by atoms with Gasteiger partial charge >= 0.3 is 17.1 Å². The van der Waals surface area contributed by atoms with Gasteiger partial charge in [-0.25, -0.2) is 0 Å². The Labute approximate surface area is 140 Å². The second kappa shape index (κ2) is 17.5. The van der Waals surface area contributed by atoms with Crippen LogP contribution in [0.3, 0.4) is 0 Å². The Kier molecular flexibility index (Phi) is 21.2. The molecule has 0 atom stereocenters. The normalized spacial score (nSPS) is 9.81. The number of aliphatic carboxylic acids is 2. The zero-order valence-corrected chi connectivity index (χ0v) is 15.0. The third-order valence-electron chi connectivity index (χ3n) is 3.22. The summed E-state index contributed by atoms with van der Waals surface area (Å²) in [5.41, 5.74) is 0. The first-order valence-corrected chi connectivity index (χ1v) is 7.86. The van der Waals surface area contributed by atoms with Crippen LogP contribution in [0.4, 0.5) is 0 Å². The summed E-state index contributed by atoms with van der Waals surface area (Å²) in [6, 6.07) is 0. The van der Waals surface area contributed by atoms with E-state index < -0.39 is 11.9 Å². The van der Waals surface area contributed by atoms with Gasteiger partial charge in [-0.15, -0.1) is 0 Å². The van der Waals surface area contributed by atoms with Gasteiger partial charge < -0.3 is 19.8 Å². The van der Waals surface area contributed by atoms with E-state index in [1.165, 1.54) is 0 Å². The standard InChI is InChI=1S/2C8H16O2.Mn/c2*1-3-5-7(6-4-2)8(9)10;/h2*7H,3-6H2,1-2H3,(H,9,10);/q;;+2/p-2. The van der Waals surface area contributed by atoms with Crippen LogP contribution in [-0.4, -0.2) is 11.9 Å². The molecule has 0 fully saturated rings. The van der Waals surface area contributed by atoms with Gasteiger partial charge in [0.2, 0.25) is 0 Å². The Morgan fingerprint density at radius 3 is 0.952 bits per heavy atom. The van der Waals surface area contributed by atoms with E-state index in [1.54, 1.807) is 0 Å². The largest absolute Gasteiger partial charge is 2.00 e. The predicted octanol–water partition coefficient (Wildman–Crippen LogP) is 1.90. The molecule has 0 heterocycles. The van der Waals surface area contributed by atoms with Crippen LogP contribution in [-0.2, 0) is 26.7 Å². The zero-order valence-electron chi connectivity index (χ0n) is 13.8. The van der Waals surface area contributed by atoms with Gasteiger partial charge in [0.15, 0.2) is 0 Å². The van der Waals surface area contributed by atoms with Crippen molar-refractivity contribution in [3.8, 4) is 0 Å². The SMILES string of the molecule is CCCC(CCC)C(=O)[O-].CCCC(CCC)C(=O)[O-].[Mn+2]. The maximum Gasteiger partial charge on any atom is 2.00 e. The molecule has 0 aliphatic rings. The van der Waals surface area contributed by atoms with E-state index in [9.17, 15) is 19.8 Å². The summed E-state index contributed by atoms with van der Waals surface area (Å²) in [4.78, 5) is 20.7. The fraction of sp³-hybridized carbons (Fsp3) is 0.875. The number of hydrogen-bond acceptors (Lipinski definition) is 4. The van der Waals surface area contributed by atoms with E-state index in [0.29, 0.717) is 0 Å². The van der Waals surface area contributed by atoms with Gasteiger partial charge in [-0.3, -0.25) is 0 Å². The van der Waals surface area contributed by atoms with E-state index in [0.717, 1.165) is 51.4 Å². The summed E-state index contributed by atoms with van der Waals surface area (Å²) < 4.78 is 0. The van der Waals surface area contributed by atoms with Crippen molar-refractivity contribution in [1.29, 1.82) is 0 Å². The smallest absolute Gasteiger partial charge is 0.550 e. The first-order valence-electron chi connectivity index (χ1n) is 7.86. The van der Waals surface area contributed by atoms with Gasteiger partial charge in [-0.05, 0) is 37.5 Å². The molecular weight excluding hydrogens is 311 g/mol. The van der Waals surface area contributed by atoms with Gasteiger partial charge in [0, 0.05) is 11.9 Å².